The maximum absolute atomic E-state index is 5.58. The molecule has 15 heavy (non-hydrogen) atoms. The lowest BCUT2D eigenvalue weighted by atomic mass is 10.3. The van der Waals surface area contributed by atoms with Crippen LogP contribution < -0.4 is 4.74 Å². The molecule has 0 saturated carbocycles. The molecule has 0 aliphatic rings. The van der Waals surface area contributed by atoms with Gasteiger partial charge in [-0.25, -0.2) is 0 Å². The van der Waals surface area contributed by atoms with Gasteiger partial charge in [0.15, 0.2) is 0 Å². The van der Waals surface area contributed by atoms with Crippen molar-refractivity contribution in [2.75, 3.05) is 19.8 Å². The zero-order chi connectivity index (χ0) is 10.9. The molecule has 1 aromatic carbocycles. The summed E-state index contributed by atoms with van der Waals surface area (Å²) in [6.07, 6.45) is -0.362. The van der Waals surface area contributed by atoms with Gasteiger partial charge < -0.3 is 14.2 Å². The molecule has 1 rings (SSSR count). The summed E-state index contributed by atoms with van der Waals surface area (Å²) in [4.78, 5) is 0. The lowest BCUT2D eigenvalue weighted by molar-refractivity contribution is -0.115. The van der Waals surface area contributed by atoms with Gasteiger partial charge >= 0.3 is 0 Å². The van der Waals surface area contributed by atoms with Gasteiger partial charge in [0.1, 0.15) is 12.4 Å². The van der Waals surface area contributed by atoms with Crippen LogP contribution in [0, 0.1) is 6.92 Å². The summed E-state index contributed by atoms with van der Waals surface area (Å²) in [6.45, 7) is 6.92. The fourth-order valence-corrected chi connectivity index (χ4v) is 1.13. The van der Waals surface area contributed by atoms with Gasteiger partial charge in [-0.2, -0.15) is 0 Å². The summed E-state index contributed by atoms with van der Waals surface area (Å²) in [5.41, 5.74) is 0. The Morgan fingerprint density at radius 1 is 1.27 bits per heavy atom. The predicted molar refractivity (Wildman–Crippen MR) is 58.7 cm³/mol. The van der Waals surface area contributed by atoms with Crippen LogP contribution in [-0.4, -0.2) is 26.1 Å². The number of para-hydroxylation sites is 1. The van der Waals surface area contributed by atoms with Gasteiger partial charge in [-0.15, -0.1) is 0 Å². The first-order valence-electron chi connectivity index (χ1n) is 5.07. The second kappa shape index (κ2) is 7.26. The number of hydrogen-bond donors (Lipinski definition) is 0. The van der Waals surface area contributed by atoms with E-state index in [0.29, 0.717) is 19.8 Å². The summed E-state index contributed by atoms with van der Waals surface area (Å²) in [7, 11) is 0. The molecule has 0 fully saturated rings. The number of ether oxygens (including phenoxy) is 3. The molecule has 0 saturated heterocycles. The van der Waals surface area contributed by atoms with Gasteiger partial charge in [0, 0.05) is 13.2 Å². The topological polar surface area (TPSA) is 27.7 Å². The molecule has 1 aromatic rings. The molecule has 83 valence electrons. The van der Waals surface area contributed by atoms with E-state index in [9.17, 15) is 0 Å². The normalized spacial score (nSPS) is 12.4. The Morgan fingerprint density at radius 2 is 2.00 bits per heavy atom. The second-order valence-electron chi connectivity index (χ2n) is 2.89. The lowest BCUT2D eigenvalue weighted by Crippen LogP contribution is -2.26. The Bertz CT molecular complexity index is 248. The molecule has 3 heteroatoms. The van der Waals surface area contributed by atoms with E-state index in [0.717, 1.165) is 5.75 Å². The molecule has 0 aliphatic heterocycles. The summed E-state index contributed by atoms with van der Waals surface area (Å²) in [5, 5.41) is 0. The van der Waals surface area contributed by atoms with E-state index < -0.39 is 0 Å². The van der Waals surface area contributed by atoms with Crippen LogP contribution in [0.5, 0.6) is 5.75 Å². The molecular formula is C12H17O3. The van der Waals surface area contributed by atoms with Crippen molar-refractivity contribution in [2.24, 2.45) is 0 Å². The molecule has 0 N–H and O–H groups in total. The Balaban J connectivity index is 2.43. The van der Waals surface area contributed by atoms with Crippen LogP contribution in [0.1, 0.15) is 6.92 Å². The van der Waals surface area contributed by atoms with E-state index >= 15 is 0 Å². The van der Waals surface area contributed by atoms with Crippen LogP contribution in [0.3, 0.4) is 0 Å². The minimum atomic E-state index is -0.362. The fourth-order valence-electron chi connectivity index (χ4n) is 1.13. The predicted octanol–water partition coefficient (Wildman–Crippen LogP) is 2.28. The van der Waals surface area contributed by atoms with E-state index in [-0.39, 0.29) is 6.29 Å². The van der Waals surface area contributed by atoms with Crippen molar-refractivity contribution in [2.45, 2.75) is 13.2 Å². The largest absolute Gasteiger partial charge is 0.462 e. The van der Waals surface area contributed by atoms with E-state index in [2.05, 4.69) is 6.92 Å². The Hall–Kier alpha value is -1.06. The van der Waals surface area contributed by atoms with E-state index in [4.69, 9.17) is 14.2 Å². The first-order valence-corrected chi connectivity index (χ1v) is 5.07. The standard InChI is InChI=1S/C12H17O3/c1-3-13-10-12(14-4-2)15-11-8-6-5-7-9-11/h5-9,12H,1,3-4,10H2,2H3. The van der Waals surface area contributed by atoms with Gasteiger partial charge in [-0.1, -0.05) is 18.2 Å². The average molecular weight is 209 g/mol. The highest BCUT2D eigenvalue weighted by Gasteiger charge is 2.09. The van der Waals surface area contributed by atoms with E-state index in [1.54, 1.807) is 0 Å². The number of benzene rings is 1. The van der Waals surface area contributed by atoms with Gasteiger partial charge in [0.2, 0.25) is 6.29 Å². The SMILES string of the molecule is [CH2]COCC(OCC)Oc1ccccc1. The van der Waals surface area contributed by atoms with Crippen LogP contribution in [0.2, 0.25) is 0 Å². The first-order chi connectivity index (χ1) is 7.36. The Kier molecular flexibility index (Phi) is 5.81. The van der Waals surface area contributed by atoms with Crippen molar-refractivity contribution in [3.05, 3.63) is 37.3 Å². The van der Waals surface area contributed by atoms with Crippen LogP contribution >= 0.6 is 0 Å². The third-order valence-electron chi connectivity index (χ3n) is 1.76. The smallest absolute Gasteiger partial charge is 0.223 e. The molecule has 0 bridgehead atoms. The molecule has 0 aliphatic carbocycles. The molecule has 1 unspecified atom stereocenters. The van der Waals surface area contributed by atoms with Crippen molar-refractivity contribution < 1.29 is 14.2 Å². The van der Waals surface area contributed by atoms with Crippen molar-refractivity contribution in [3.63, 3.8) is 0 Å². The molecule has 0 spiro atoms. The number of rotatable bonds is 7. The minimum absolute atomic E-state index is 0.362. The summed E-state index contributed by atoms with van der Waals surface area (Å²) in [5.74, 6) is 0.781. The molecule has 3 nitrogen and oxygen atoms in total. The maximum atomic E-state index is 5.58. The lowest BCUT2D eigenvalue weighted by Gasteiger charge is -2.18. The molecule has 0 aromatic heterocycles. The molecular weight excluding hydrogens is 192 g/mol. The van der Waals surface area contributed by atoms with Gasteiger partial charge in [-0.05, 0) is 26.0 Å². The second-order valence-corrected chi connectivity index (χ2v) is 2.89. The van der Waals surface area contributed by atoms with Crippen LogP contribution in [-0.2, 0) is 9.47 Å². The quantitative estimate of drug-likeness (QED) is 0.645. The average Bonchev–Trinajstić information content (AvgIpc) is 2.28. The van der Waals surface area contributed by atoms with Crippen LogP contribution in [0.25, 0.3) is 0 Å². The zero-order valence-corrected chi connectivity index (χ0v) is 9.02. The van der Waals surface area contributed by atoms with Crippen LogP contribution in [0.4, 0.5) is 0 Å². The van der Waals surface area contributed by atoms with Crippen molar-refractivity contribution in [3.8, 4) is 5.75 Å². The molecule has 0 heterocycles. The minimum Gasteiger partial charge on any atom is -0.462 e. The highest BCUT2D eigenvalue weighted by atomic mass is 16.7. The van der Waals surface area contributed by atoms with Crippen molar-refractivity contribution in [1.82, 2.24) is 0 Å². The highest BCUT2D eigenvalue weighted by Crippen LogP contribution is 2.11. The third kappa shape index (κ3) is 4.81. The number of hydrogen-bond acceptors (Lipinski definition) is 3. The van der Waals surface area contributed by atoms with E-state index in [1.165, 1.54) is 0 Å². The highest BCUT2D eigenvalue weighted by molar-refractivity contribution is 5.20. The van der Waals surface area contributed by atoms with Crippen LogP contribution in [0.15, 0.2) is 30.3 Å². The molecule has 1 radical (unpaired) electrons. The zero-order valence-electron chi connectivity index (χ0n) is 9.02. The Labute approximate surface area is 91.0 Å². The van der Waals surface area contributed by atoms with E-state index in [1.807, 2.05) is 37.3 Å². The summed E-state index contributed by atoms with van der Waals surface area (Å²) < 4.78 is 16.1. The summed E-state index contributed by atoms with van der Waals surface area (Å²) >= 11 is 0. The van der Waals surface area contributed by atoms with Crippen molar-refractivity contribution in [1.29, 1.82) is 0 Å². The van der Waals surface area contributed by atoms with Gasteiger partial charge in [0.25, 0.3) is 0 Å². The van der Waals surface area contributed by atoms with Crippen molar-refractivity contribution >= 4 is 0 Å². The van der Waals surface area contributed by atoms with Gasteiger partial charge in [0.05, 0.1) is 0 Å². The maximum Gasteiger partial charge on any atom is 0.223 e. The summed E-state index contributed by atoms with van der Waals surface area (Å²) in [6, 6.07) is 9.54. The molecule has 1 atom stereocenters. The fraction of sp³-hybridized carbons (Fsp3) is 0.417. The Morgan fingerprint density at radius 3 is 2.60 bits per heavy atom. The first kappa shape index (κ1) is 12.0. The monoisotopic (exact) mass is 209 g/mol. The molecule has 0 amide bonds. The van der Waals surface area contributed by atoms with Gasteiger partial charge in [-0.3, -0.25) is 0 Å². The third-order valence-corrected chi connectivity index (χ3v) is 1.76.